The first-order valence-electron chi connectivity index (χ1n) is 12.9. The number of nitrogens with zero attached hydrogens (tertiary/aromatic N) is 4. The van der Waals surface area contributed by atoms with Crippen LogP contribution in [0.4, 0.5) is 17.5 Å². The van der Waals surface area contributed by atoms with E-state index in [0.29, 0.717) is 17.9 Å². The van der Waals surface area contributed by atoms with E-state index in [4.69, 9.17) is 4.98 Å². The number of piperidine rings is 1. The molecule has 0 radical (unpaired) electrons. The first-order valence-corrected chi connectivity index (χ1v) is 12.9. The third-order valence-electron chi connectivity index (χ3n) is 7.19. The van der Waals surface area contributed by atoms with E-state index in [1.165, 1.54) is 5.56 Å². The van der Waals surface area contributed by atoms with Crippen molar-refractivity contribution in [3.63, 3.8) is 0 Å². The lowest BCUT2D eigenvalue weighted by Gasteiger charge is -2.32. The predicted molar refractivity (Wildman–Crippen MR) is 143 cm³/mol. The van der Waals surface area contributed by atoms with E-state index in [9.17, 15) is 5.11 Å². The van der Waals surface area contributed by atoms with Crippen molar-refractivity contribution in [2.75, 3.05) is 30.8 Å². The van der Waals surface area contributed by atoms with Crippen LogP contribution in [0.15, 0.2) is 55.0 Å². The average molecular weight is 483 g/mol. The number of nitrogens with one attached hydrogen (secondary N) is 2. The molecule has 1 aliphatic heterocycles. The number of benzene rings is 1. The second-order valence-electron chi connectivity index (χ2n) is 9.91. The Bertz CT molecular complexity index is 1190. The largest absolute Gasteiger partial charge is 0.393 e. The number of anilines is 3. The van der Waals surface area contributed by atoms with Crippen molar-refractivity contribution < 1.29 is 5.11 Å². The quantitative estimate of drug-likeness (QED) is 0.460. The molecule has 3 N–H and O–H groups in total. The Morgan fingerprint density at radius 3 is 2.25 bits per heavy atom. The van der Waals surface area contributed by atoms with Crippen LogP contribution in [-0.4, -0.2) is 57.2 Å². The molecule has 186 valence electrons. The third-order valence-corrected chi connectivity index (χ3v) is 7.19. The van der Waals surface area contributed by atoms with Crippen LogP contribution >= 0.6 is 0 Å². The Morgan fingerprint density at radius 1 is 0.889 bits per heavy atom. The fourth-order valence-electron chi connectivity index (χ4n) is 4.94. The van der Waals surface area contributed by atoms with Gasteiger partial charge in [-0.25, -0.2) is 4.98 Å². The summed E-state index contributed by atoms with van der Waals surface area (Å²) < 4.78 is 0. The molecular weight excluding hydrogens is 448 g/mol. The van der Waals surface area contributed by atoms with E-state index >= 15 is 0 Å². The molecule has 2 aromatic heterocycles. The minimum Gasteiger partial charge on any atom is -0.393 e. The molecule has 7 nitrogen and oxygen atoms in total. The second kappa shape index (κ2) is 11.5. The highest BCUT2D eigenvalue weighted by molar-refractivity contribution is 5.58. The summed E-state index contributed by atoms with van der Waals surface area (Å²) in [5.41, 5.74) is 4.01. The number of aromatic nitrogens is 3. The lowest BCUT2D eigenvalue weighted by atomic mass is 9.89. The molecule has 1 aromatic carbocycles. The Hall–Kier alpha value is -3.47. The van der Waals surface area contributed by atoms with Gasteiger partial charge in [0.25, 0.3) is 0 Å². The average Bonchev–Trinajstić information content (AvgIpc) is 2.91. The summed E-state index contributed by atoms with van der Waals surface area (Å²) in [7, 11) is 2.18. The lowest BCUT2D eigenvalue weighted by Crippen LogP contribution is -2.31. The first-order chi connectivity index (χ1) is 17.6. The number of rotatable bonds is 5. The Labute approximate surface area is 213 Å². The third kappa shape index (κ3) is 6.39. The van der Waals surface area contributed by atoms with Gasteiger partial charge in [0.05, 0.1) is 6.10 Å². The van der Waals surface area contributed by atoms with Gasteiger partial charge < -0.3 is 20.6 Å². The van der Waals surface area contributed by atoms with Gasteiger partial charge in [-0.05, 0) is 101 Å². The smallest absolute Gasteiger partial charge is 0.229 e. The number of aliphatic hydroxyl groups excluding tert-OH is 1. The van der Waals surface area contributed by atoms with Crippen LogP contribution in [0.5, 0.6) is 0 Å². The molecule has 3 aromatic rings. The molecule has 1 aliphatic carbocycles. The highest BCUT2D eigenvalue weighted by Gasteiger charge is 2.25. The lowest BCUT2D eigenvalue weighted by molar-refractivity contribution is 0.126. The van der Waals surface area contributed by atoms with Crippen molar-refractivity contribution in [2.24, 2.45) is 0 Å². The van der Waals surface area contributed by atoms with E-state index < -0.39 is 0 Å². The number of hydrogen-bond donors (Lipinski definition) is 3. The summed E-state index contributed by atoms with van der Waals surface area (Å²) in [6.45, 7) is 2.19. The van der Waals surface area contributed by atoms with E-state index in [0.717, 1.165) is 74.2 Å². The van der Waals surface area contributed by atoms with Crippen LogP contribution < -0.4 is 10.6 Å². The molecule has 1 saturated carbocycles. The molecule has 0 spiro atoms. The van der Waals surface area contributed by atoms with E-state index in [2.05, 4.69) is 44.4 Å². The highest BCUT2D eigenvalue weighted by Crippen LogP contribution is 2.33. The molecular formula is C29H34N6O. The zero-order valence-electron chi connectivity index (χ0n) is 20.8. The van der Waals surface area contributed by atoms with Crippen molar-refractivity contribution in [3.8, 4) is 11.8 Å². The van der Waals surface area contributed by atoms with Gasteiger partial charge in [-0.3, -0.25) is 4.98 Å². The molecule has 0 unspecified atom stereocenters. The molecule has 5 rings (SSSR count). The molecule has 0 bridgehead atoms. The van der Waals surface area contributed by atoms with Crippen LogP contribution in [0.3, 0.4) is 0 Å². The SMILES string of the molecule is CN1CCC(c2cnc(Nc3ccc(C#Cc4ccncc4)cc3)nc2NC2CCC(O)CC2)CC1. The maximum Gasteiger partial charge on any atom is 0.229 e. The molecule has 3 heterocycles. The van der Waals surface area contributed by atoms with Crippen molar-refractivity contribution in [1.82, 2.24) is 19.9 Å². The number of aliphatic hydroxyl groups is 1. The summed E-state index contributed by atoms with van der Waals surface area (Å²) in [5.74, 6) is 8.33. The van der Waals surface area contributed by atoms with Crippen LogP contribution in [0, 0.1) is 11.8 Å². The van der Waals surface area contributed by atoms with Gasteiger partial charge in [0, 0.05) is 47.0 Å². The van der Waals surface area contributed by atoms with Crippen LogP contribution in [-0.2, 0) is 0 Å². The normalized spacial score (nSPS) is 20.8. The molecule has 7 heteroatoms. The summed E-state index contributed by atoms with van der Waals surface area (Å²) in [6.07, 6.45) is 11.2. The Morgan fingerprint density at radius 2 is 1.56 bits per heavy atom. The predicted octanol–water partition coefficient (Wildman–Crippen LogP) is 4.54. The van der Waals surface area contributed by atoms with Gasteiger partial charge in [-0.1, -0.05) is 11.8 Å². The van der Waals surface area contributed by atoms with Crippen molar-refractivity contribution >= 4 is 17.5 Å². The molecule has 0 amide bonds. The second-order valence-corrected chi connectivity index (χ2v) is 9.91. The first kappa shape index (κ1) is 24.2. The van der Waals surface area contributed by atoms with Gasteiger partial charge in [0.15, 0.2) is 0 Å². The molecule has 2 aliphatic rings. The van der Waals surface area contributed by atoms with E-state index in [-0.39, 0.29) is 6.10 Å². The standard InChI is InChI=1S/C29H34N6O/c1-35-18-14-23(15-19-35)27-20-31-29(34-28(27)32-24-8-10-26(36)11-9-24)33-25-6-4-21(5-7-25)2-3-22-12-16-30-17-13-22/h4-7,12-13,16-17,20,23-24,26,36H,8-11,14-15,18-19H2,1H3,(H2,31,32,33,34). The van der Waals surface area contributed by atoms with Gasteiger partial charge in [0.1, 0.15) is 5.82 Å². The molecule has 0 atom stereocenters. The van der Waals surface area contributed by atoms with E-state index in [1.54, 1.807) is 12.4 Å². The topological polar surface area (TPSA) is 86.2 Å². The Kier molecular flexibility index (Phi) is 7.75. The fourth-order valence-corrected chi connectivity index (χ4v) is 4.94. The van der Waals surface area contributed by atoms with Crippen molar-refractivity contribution in [2.45, 2.75) is 56.6 Å². The maximum atomic E-state index is 9.92. The summed E-state index contributed by atoms with van der Waals surface area (Å²) >= 11 is 0. The minimum atomic E-state index is -0.170. The fraction of sp³-hybridized carbons (Fsp3) is 0.414. The zero-order valence-corrected chi connectivity index (χ0v) is 20.8. The number of pyridine rings is 1. The van der Waals surface area contributed by atoms with Crippen LogP contribution in [0.2, 0.25) is 0 Å². The van der Waals surface area contributed by atoms with Crippen LogP contribution in [0.25, 0.3) is 0 Å². The molecule has 36 heavy (non-hydrogen) atoms. The maximum absolute atomic E-state index is 9.92. The number of likely N-dealkylation sites (tertiary alicyclic amines) is 1. The van der Waals surface area contributed by atoms with Gasteiger partial charge in [0.2, 0.25) is 5.95 Å². The molecule has 1 saturated heterocycles. The summed E-state index contributed by atoms with van der Waals surface area (Å²) in [5, 5.41) is 17.0. The van der Waals surface area contributed by atoms with Crippen molar-refractivity contribution in [1.29, 1.82) is 0 Å². The van der Waals surface area contributed by atoms with Gasteiger partial charge in [-0.2, -0.15) is 4.98 Å². The monoisotopic (exact) mass is 482 g/mol. The minimum absolute atomic E-state index is 0.170. The summed E-state index contributed by atoms with van der Waals surface area (Å²) in [6, 6.07) is 12.1. The van der Waals surface area contributed by atoms with Gasteiger partial charge >= 0.3 is 0 Å². The van der Waals surface area contributed by atoms with E-state index in [1.807, 2.05) is 42.6 Å². The zero-order chi connectivity index (χ0) is 24.7. The van der Waals surface area contributed by atoms with Crippen molar-refractivity contribution in [3.05, 3.63) is 71.7 Å². The molecule has 2 fully saturated rings. The number of hydrogen-bond acceptors (Lipinski definition) is 7. The summed E-state index contributed by atoms with van der Waals surface area (Å²) in [4.78, 5) is 16.0. The van der Waals surface area contributed by atoms with Gasteiger partial charge in [-0.15, -0.1) is 0 Å². The Balaban J connectivity index is 1.31. The highest BCUT2D eigenvalue weighted by atomic mass is 16.3. The van der Waals surface area contributed by atoms with Crippen LogP contribution in [0.1, 0.15) is 61.1 Å².